The number of fused-ring (bicyclic) bond motifs is 1. The van der Waals surface area contributed by atoms with Crippen molar-refractivity contribution in [2.75, 3.05) is 4.90 Å². The molecule has 17 heavy (non-hydrogen) atoms. The lowest BCUT2D eigenvalue weighted by Gasteiger charge is -2.17. The van der Waals surface area contributed by atoms with E-state index in [1.807, 2.05) is 18.2 Å². The molecule has 86 valence electrons. The van der Waals surface area contributed by atoms with Crippen molar-refractivity contribution in [3.05, 3.63) is 35.5 Å². The third-order valence-corrected chi connectivity index (χ3v) is 3.35. The first-order valence-electron chi connectivity index (χ1n) is 5.57. The molecule has 2 aromatic rings. The molecule has 0 aliphatic heterocycles. The Labute approximate surface area is 104 Å². The van der Waals surface area contributed by atoms with E-state index in [4.69, 9.17) is 11.6 Å². The van der Waals surface area contributed by atoms with E-state index in [-0.39, 0.29) is 0 Å². The van der Waals surface area contributed by atoms with E-state index in [2.05, 4.69) is 4.98 Å². The predicted octanol–water partition coefficient (Wildman–Crippen LogP) is 3.01. The summed E-state index contributed by atoms with van der Waals surface area (Å²) in [5, 5.41) is 1.55. The van der Waals surface area contributed by atoms with Gasteiger partial charge in [-0.05, 0) is 37.1 Å². The summed E-state index contributed by atoms with van der Waals surface area (Å²) in [5.74, 6) is 0. The van der Waals surface area contributed by atoms with Crippen molar-refractivity contribution in [1.29, 1.82) is 0 Å². The van der Waals surface area contributed by atoms with Crippen LogP contribution in [0.4, 0.5) is 5.69 Å². The number of rotatable bonds is 3. The van der Waals surface area contributed by atoms with E-state index in [1.165, 1.54) is 0 Å². The number of halogens is 1. The molecule has 0 unspecified atom stereocenters. The van der Waals surface area contributed by atoms with Crippen LogP contribution < -0.4 is 4.90 Å². The maximum atomic E-state index is 11.1. The number of nitrogens with zero attached hydrogens (tertiary/aromatic N) is 2. The Kier molecular flexibility index (Phi) is 2.48. The van der Waals surface area contributed by atoms with Gasteiger partial charge in [0, 0.05) is 23.3 Å². The molecule has 4 heteroatoms. The molecule has 1 amide bonds. The van der Waals surface area contributed by atoms with E-state index in [1.54, 1.807) is 17.2 Å². The van der Waals surface area contributed by atoms with Crippen LogP contribution in [0.1, 0.15) is 12.8 Å². The van der Waals surface area contributed by atoms with Gasteiger partial charge in [-0.1, -0.05) is 11.6 Å². The second-order valence-electron chi connectivity index (χ2n) is 4.24. The molecule has 0 N–H and O–H groups in total. The number of carbonyl (C=O) groups is 1. The second kappa shape index (κ2) is 4.00. The van der Waals surface area contributed by atoms with Crippen LogP contribution >= 0.6 is 11.6 Å². The monoisotopic (exact) mass is 246 g/mol. The predicted molar refractivity (Wildman–Crippen MR) is 68.3 cm³/mol. The lowest BCUT2D eigenvalue weighted by Crippen LogP contribution is -2.23. The highest BCUT2D eigenvalue weighted by Gasteiger charge is 2.29. The van der Waals surface area contributed by atoms with Gasteiger partial charge in [0.15, 0.2) is 0 Å². The third kappa shape index (κ3) is 1.87. The summed E-state index contributed by atoms with van der Waals surface area (Å²) in [6.07, 6.45) is 4.74. The van der Waals surface area contributed by atoms with Gasteiger partial charge >= 0.3 is 0 Å². The molecule has 1 aromatic carbocycles. The number of hydrogen-bond acceptors (Lipinski definition) is 2. The number of benzene rings is 1. The average molecular weight is 247 g/mol. The molecule has 1 aliphatic carbocycles. The molecule has 1 heterocycles. The fourth-order valence-electron chi connectivity index (χ4n) is 1.97. The Morgan fingerprint density at radius 2 is 2.18 bits per heavy atom. The van der Waals surface area contributed by atoms with Crippen molar-refractivity contribution < 1.29 is 4.79 Å². The highest BCUT2D eigenvalue weighted by atomic mass is 35.5. The Balaban J connectivity index is 2.11. The van der Waals surface area contributed by atoms with E-state index < -0.39 is 0 Å². The first-order valence-corrected chi connectivity index (χ1v) is 5.95. The zero-order valence-corrected chi connectivity index (χ0v) is 9.89. The second-order valence-corrected chi connectivity index (χ2v) is 4.65. The molecular formula is C13H11ClN2O. The average Bonchev–Trinajstić information content (AvgIpc) is 3.16. The fraction of sp³-hybridized carbons (Fsp3) is 0.231. The number of aromatic nitrogens is 1. The van der Waals surface area contributed by atoms with E-state index in [0.29, 0.717) is 11.1 Å². The Hall–Kier alpha value is -1.61. The highest BCUT2D eigenvalue weighted by molar-refractivity contribution is 6.35. The Morgan fingerprint density at radius 3 is 2.88 bits per heavy atom. The summed E-state index contributed by atoms with van der Waals surface area (Å²) in [6, 6.07) is 7.86. The van der Waals surface area contributed by atoms with Gasteiger partial charge in [-0.15, -0.1) is 0 Å². The van der Waals surface area contributed by atoms with Gasteiger partial charge < -0.3 is 4.90 Å². The normalized spacial score (nSPS) is 14.9. The van der Waals surface area contributed by atoms with Crippen molar-refractivity contribution in [3.8, 4) is 0 Å². The smallest absolute Gasteiger partial charge is 0.214 e. The SMILES string of the molecule is O=CN(c1ccc2nccc(Cl)c2c1)C1CC1. The van der Waals surface area contributed by atoms with Crippen molar-refractivity contribution in [1.82, 2.24) is 4.98 Å². The van der Waals surface area contributed by atoms with Gasteiger partial charge in [0.25, 0.3) is 0 Å². The van der Waals surface area contributed by atoms with Gasteiger partial charge in [0.05, 0.1) is 10.5 Å². The maximum Gasteiger partial charge on any atom is 0.214 e. The number of amides is 1. The third-order valence-electron chi connectivity index (χ3n) is 3.02. The van der Waals surface area contributed by atoms with Gasteiger partial charge in [-0.25, -0.2) is 0 Å². The summed E-state index contributed by atoms with van der Waals surface area (Å²) in [7, 11) is 0. The van der Waals surface area contributed by atoms with Gasteiger partial charge in [0.1, 0.15) is 0 Å². The molecule has 0 saturated heterocycles. The zero-order valence-electron chi connectivity index (χ0n) is 9.14. The molecule has 3 rings (SSSR count). The van der Waals surface area contributed by atoms with Crippen LogP contribution in [0.15, 0.2) is 30.5 Å². The van der Waals surface area contributed by atoms with Crippen molar-refractivity contribution >= 4 is 34.6 Å². The minimum Gasteiger partial charge on any atom is -0.312 e. The van der Waals surface area contributed by atoms with Crippen LogP contribution in [0, 0.1) is 0 Å². The van der Waals surface area contributed by atoms with E-state index in [0.717, 1.165) is 35.8 Å². The van der Waals surface area contributed by atoms with Crippen molar-refractivity contribution in [2.45, 2.75) is 18.9 Å². The lowest BCUT2D eigenvalue weighted by atomic mass is 10.2. The molecule has 0 atom stereocenters. The fourth-order valence-corrected chi connectivity index (χ4v) is 2.18. The standard InChI is InChI=1S/C13H11ClN2O/c14-12-5-6-15-13-4-3-10(7-11(12)13)16(8-17)9-1-2-9/h3-9H,1-2H2. The summed E-state index contributed by atoms with van der Waals surface area (Å²) in [4.78, 5) is 17.1. The zero-order chi connectivity index (χ0) is 11.8. The minimum absolute atomic E-state index is 0.361. The van der Waals surface area contributed by atoms with Crippen LogP contribution in [0.5, 0.6) is 0 Å². The molecule has 0 bridgehead atoms. The largest absolute Gasteiger partial charge is 0.312 e. The summed E-state index contributed by atoms with van der Waals surface area (Å²) < 4.78 is 0. The van der Waals surface area contributed by atoms with Gasteiger partial charge in [-0.3, -0.25) is 9.78 Å². The van der Waals surface area contributed by atoms with Gasteiger partial charge in [-0.2, -0.15) is 0 Å². The molecule has 1 aliphatic rings. The Bertz CT molecular complexity index is 581. The summed E-state index contributed by atoms with van der Waals surface area (Å²) in [6.45, 7) is 0. The van der Waals surface area contributed by atoms with Crippen molar-refractivity contribution in [3.63, 3.8) is 0 Å². The molecular weight excluding hydrogens is 236 g/mol. The first kappa shape index (κ1) is 10.5. The van der Waals surface area contributed by atoms with Gasteiger partial charge in [0.2, 0.25) is 6.41 Å². The van der Waals surface area contributed by atoms with Crippen LogP contribution in [0.2, 0.25) is 5.02 Å². The van der Waals surface area contributed by atoms with Crippen LogP contribution in [-0.4, -0.2) is 17.4 Å². The molecule has 3 nitrogen and oxygen atoms in total. The minimum atomic E-state index is 0.361. The molecule has 0 radical (unpaired) electrons. The van der Waals surface area contributed by atoms with Crippen LogP contribution in [-0.2, 0) is 4.79 Å². The van der Waals surface area contributed by atoms with E-state index >= 15 is 0 Å². The number of carbonyl (C=O) groups excluding carboxylic acids is 1. The highest BCUT2D eigenvalue weighted by Crippen LogP contribution is 2.33. The summed E-state index contributed by atoms with van der Waals surface area (Å²) in [5.41, 5.74) is 1.74. The number of anilines is 1. The molecule has 1 aromatic heterocycles. The van der Waals surface area contributed by atoms with E-state index in [9.17, 15) is 4.79 Å². The van der Waals surface area contributed by atoms with Crippen molar-refractivity contribution in [2.24, 2.45) is 0 Å². The molecule has 1 saturated carbocycles. The molecule has 1 fully saturated rings. The Morgan fingerprint density at radius 1 is 1.35 bits per heavy atom. The molecule has 0 spiro atoms. The number of pyridine rings is 1. The topological polar surface area (TPSA) is 33.2 Å². The lowest BCUT2D eigenvalue weighted by molar-refractivity contribution is -0.107. The quantitative estimate of drug-likeness (QED) is 0.780. The maximum absolute atomic E-state index is 11.1. The summed E-state index contributed by atoms with van der Waals surface area (Å²) >= 11 is 6.13. The number of hydrogen-bond donors (Lipinski definition) is 0. The van der Waals surface area contributed by atoms with Crippen LogP contribution in [0.3, 0.4) is 0 Å². The van der Waals surface area contributed by atoms with Crippen LogP contribution in [0.25, 0.3) is 10.9 Å². The first-order chi connectivity index (χ1) is 8.29.